The first kappa shape index (κ1) is 13.4. The smallest absolute Gasteiger partial charge is 0.0746 e. The molecule has 0 saturated carbocycles. The fraction of sp³-hybridized carbons (Fsp3) is 0.692. The number of nitrogens with one attached hydrogen (secondary N) is 1. The second-order valence-corrected chi connectivity index (χ2v) is 7.85. The molecule has 2 nitrogen and oxygen atoms in total. The first-order valence-corrected chi connectivity index (χ1v) is 7.80. The van der Waals surface area contributed by atoms with Gasteiger partial charge in [-0.05, 0) is 37.3 Å². The molecule has 17 heavy (non-hydrogen) atoms. The van der Waals surface area contributed by atoms with Crippen molar-refractivity contribution in [1.82, 2.24) is 5.32 Å². The van der Waals surface area contributed by atoms with Crippen LogP contribution in [0.4, 0.5) is 0 Å². The number of thiophene rings is 1. The number of thioether (sulfide) groups is 1. The monoisotopic (exact) mass is 271 g/mol. The Bertz CT molecular complexity index is 375. The molecule has 0 bridgehead atoms. The molecule has 0 radical (unpaired) electrons. The van der Waals surface area contributed by atoms with Crippen molar-refractivity contribution in [3.63, 3.8) is 0 Å². The highest BCUT2D eigenvalue weighted by molar-refractivity contribution is 8.01. The third-order valence-corrected chi connectivity index (χ3v) is 5.58. The molecule has 0 aliphatic carbocycles. The molecule has 0 amide bonds. The Hall–Kier alpha value is -0.0300. The van der Waals surface area contributed by atoms with Crippen LogP contribution < -0.4 is 5.32 Å². The Morgan fingerprint density at radius 1 is 1.53 bits per heavy atom. The second kappa shape index (κ2) is 5.31. The molecule has 0 fully saturated rings. The lowest BCUT2D eigenvalue weighted by Crippen LogP contribution is -2.39. The number of ether oxygens (including phenoxy) is 1. The molecule has 1 unspecified atom stereocenters. The van der Waals surface area contributed by atoms with Gasteiger partial charge in [-0.2, -0.15) is 0 Å². The van der Waals surface area contributed by atoms with Crippen LogP contribution in [0.5, 0.6) is 0 Å². The van der Waals surface area contributed by atoms with Crippen molar-refractivity contribution >= 4 is 23.1 Å². The summed E-state index contributed by atoms with van der Waals surface area (Å²) in [5, 5.41) is 6.55. The zero-order chi connectivity index (χ0) is 12.5. The van der Waals surface area contributed by atoms with Crippen molar-refractivity contribution in [2.24, 2.45) is 0 Å². The molecule has 4 heteroatoms. The number of hydrogen-bond donors (Lipinski definition) is 1. The van der Waals surface area contributed by atoms with E-state index in [1.54, 1.807) is 7.11 Å². The Balaban J connectivity index is 2.03. The van der Waals surface area contributed by atoms with E-state index in [9.17, 15) is 0 Å². The summed E-state index contributed by atoms with van der Waals surface area (Å²) in [7, 11) is 1.77. The summed E-state index contributed by atoms with van der Waals surface area (Å²) < 4.78 is 6.94. The van der Waals surface area contributed by atoms with Gasteiger partial charge in [-0.15, -0.1) is 23.1 Å². The van der Waals surface area contributed by atoms with Crippen LogP contribution in [0.25, 0.3) is 0 Å². The zero-order valence-electron chi connectivity index (χ0n) is 10.9. The SMILES string of the molecule is COC(C)(C)CNC1C[C@H](C)Sc2sccc21. The molecule has 1 aromatic rings. The van der Waals surface area contributed by atoms with Crippen LogP contribution in [0.15, 0.2) is 15.7 Å². The Kier molecular flexibility index (Phi) is 4.18. The Labute approximate surface area is 112 Å². The summed E-state index contributed by atoms with van der Waals surface area (Å²) in [5.41, 5.74) is 1.38. The lowest BCUT2D eigenvalue weighted by atomic mass is 10.0. The van der Waals surface area contributed by atoms with Gasteiger partial charge < -0.3 is 10.1 Å². The average molecular weight is 271 g/mol. The molecular weight excluding hydrogens is 250 g/mol. The molecule has 2 rings (SSSR count). The predicted molar refractivity (Wildman–Crippen MR) is 76.1 cm³/mol. The van der Waals surface area contributed by atoms with Gasteiger partial charge in [-0.3, -0.25) is 0 Å². The maximum Gasteiger partial charge on any atom is 0.0746 e. The molecule has 96 valence electrons. The molecule has 1 aliphatic rings. The summed E-state index contributed by atoms with van der Waals surface area (Å²) in [6.45, 7) is 7.44. The summed E-state index contributed by atoms with van der Waals surface area (Å²) in [5.74, 6) is 0. The fourth-order valence-electron chi connectivity index (χ4n) is 1.98. The quantitative estimate of drug-likeness (QED) is 0.902. The van der Waals surface area contributed by atoms with E-state index in [-0.39, 0.29) is 5.60 Å². The van der Waals surface area contributed by atoms with Gasteiger partial charge in [0.15, 0.2) is 0 Å². The summed E-state index contributed by atoms with van der Waals surface area (Å²) in [6, 6.07) is 2.75. The molecule has 1 aromatic heterocycles. The molecule has 1 N–H and O–H groups in total. The van der Waals surface area contributed by atoms with Gasteiger partial charge in [0, 0.05) is 24.9 Å². The van der Waals surface area contributed by atoms with E-state index < -0.39 is 0 Å². The van der Waals surface area contributed by atoms with Crippen LogP contribution in [0.3, 0.4) is 0 Å². The van der Waals surface area contributed by atoms with E-state index in [2.05, 4.69) is 37.5 Å². The van der Waals surface area contributed by atoms with E-state index >= 15 is 0 Å². The maximum atomic E-state index is 5.46. The van der Waals surface area contributed by atoms with Crippen molar-refractivity contribution in [1.29, 1.82) is 0 Å². The van der Waals surface area contributed by atoms with Crippen LogP contribution in [-0.4, -0.2) is 24.5 Å². The first-order valence-electron chi connectivity index (χ1n) is 6.04. The topological polar surface area (TPSA) is 21.3 Å². The zero-order valence-corrected chi connectivity index (χ0v) is 12.6. The Morgan fingerprint density at radius 3 is 3.00 bits per heavy atom. The maximum absolute atomic E-state index is 5.46. The van der Waals surface area contributed by atoms with Crippen LogP contribution >= 0.6 is 23.1 Å². The van der Waals surface area contributed by atoms with Gasteiger partial charge in [0.1, 0.15) is 0 Å². The van der Waals surface area contributed by atoms with Gasteiger partial charge in [0.2, 0.25) is 0 Å². The highest BCUT2D eigenvalue weighted by atomic mass is 32.2. The number of hydrogen-bond acceptors (Lipinski definition) is 4. The molecule has 0 aromatic carbocycles. The lowest BCUT2D eigenvalue weighted by Gasteiger charge is -2.31. The van der Waals surface area contributed by atoms with Crippen LogP contribution in [0.2, 0.25) is 0 Å². The van der Waals surface area contributed by atoms with E-state index in [0.29, 0.717) is 11.3 Å². The van der Waals surface area contributed by atoms with Gasteiger partial charge in [-0.25, -0.2) is 0 Å². The van der Waals surface area contributed by atoms with E-state index in [1.165, 1.54) is 16.2 Å². The third kappa shape index (κ3) is 3.25. The predicted octanol–water partition coefficient (Wildman–Crippen LogP) is 3.69. The fourth-order valence-corrected chi connectivity index (χ4v) is 4.55. The minimum absolute atomic E-state index is 0.0932. The molecule has 2 heterocycles. The van der Waals surface area contributed by atoms with Crippen molar-refractivity contribution in [3.05, 3.63) is 17.0 Å². The number of fused-ring (bicyclic) bond motifs is 1. The van der Waals surface area contributed by atoms with Gasteiger partial charge >= 0.3 is 0 Å². The molecule has 1 aliphatic heterocycles. The minimum Gasteiger partial charge on any atom is -0.377 e. The number of methoxy groups -OCH3 is 1. The average Bonchev–Trinajstić information content (AvgIpc) is 2.73. The molecular formula is C13H21NOS2. The van der Waals surface area contributed by atoms with E-state index in [1.807, 2.05) is 23.1 Å². The first-order chi connectivity index (χ1) is 8.02. The highest BCUT2D eigenvalue weighted by Crippen LogP contribution is 2.43. The lowest BCUT2D eigenvalue weighted by molar-refractivity contribution is 0.0207. The standard InChI is InChI=1S/C13H21NOS2/c1-9-7-11(14-8-13(2,3)15-4)10-5-6-16-12(10)17-9/h5-6,9,11,14H,7-8H2,1-4H3/t9-,11?/m0/s1. The van der Waals surface area contributed by atoms with Gasteiger partial charge in [0.05, 0.1) is 9.81 Å². The molecule has 2 atom stereocenters. The van der Waals surface area contributed by atoms with Crippen molar-refractivity contribution < 1.29 is 4.74 Å². The van der Waals surface area contributed by atoms with Gasteiger partial charge in [0.25, 0.3) is 0 Å². The summed E-state index contributed by atoms with van der Waals surface area (Å²) in [6.07, 6.45) is 1.20. The number of rotatable bonds is 4. The summed E-state index contributed by atoms with van der Waals surface area (Å²) in [4.78, 5) is 0. The van der Waals surface area contributed by atoms with Crippen LogP contribution in [0, 0.1) is 0 Å². The largest absolute Gasteiger partial charge is 0.377 e. The van der Waals surface area contributed by atoms with E-state index in [0.717, 1.165) is 6.54 Å². The van der Waals surface area contributed by atoms with Crippen molar-refractivity contribution in [2.75, 3.05) is 13.7 Å². The minimum atomic E-state index is -0.0932. The normalized spacial score (nSPS) is 24.7. The van der Waals surface area contributed by atoms with E-state index in [4.69, 9.17) is 4.74 Å². The highest BCUT2D eigenvalue weighted by Gasteiger charge is 2.27. The van der Waals surface area contributed by atoms with Crippen LogP contribution in [-0.2, 0) is 4.74 Å². The molecule has 0 saturated heterocycles. The second-order valence-electron chi connectivity index (χ2n) is 5.22. The Morgan fingerprint density at radius 2 is 2.29 bits per heavy atom. The van der Waals surface area contributed by atoms with Crippen molar-refractivity contribution in [3.8, 4) is 0 Å². The summed E-state index contributed by atoms with van der Waals surface area (Å²) >= 11 is 3.87. The third-order valence-electron chi connectivity index (χ3n) is 3.24. The van der Waals surface area contributed by atoms with Gasteiger partial charge in [-0.1, -0.05) is 6.92 Å². The molecule has 0 spiro atoms. The van der Waals surface area contributed by atoms with Crippen molar-refractivity contribution in [2.45, 2.75) is 48.3 Å². The van der Waals surface area contributed by atoms with Crippen LogP contribution in [0.1, 0.15) is 38.8 Å².